The first kappa shape index (κ1) is 24.6. The lowest BCUT2D eigenvalue weighted by Crippen LogP contribution is -2.65. The minimum Gasteiger partial charge on any atom is -0.497 e. The zero-order chi connectivity index (χ0) is 19.8. The van der Waals surface area contributed by atoms with E-state index in [1.165, 1.54) is 37.8 Å². The van der Waals surface area contributed by atoms with Crippen LogP contribution in [0.1, 0.15) is 44.1 Å². The third kappa shape index (κ3) is 5.00. The van der Waals surface area contributed by atoms with Crippen molar-refractivity contribution in [1.82, 2.24) is 15.1 Å². The van der Waals surface area contributed by atoms with Gasteiger partial charge in [-0.3, -0.25) is 9.69 Å². The average Bonchev–Trinajstić information content (AvgIpc) is 3.31. The van der Waals surface area contributed by atoms with Gasteiger partial charge in [-0.05, 0) is 81.1 Å². The minimum absolute atomic E-state index is 0. The first-order valence-corrected chi connectivity index (χ1v) is 11.6. The molecule has 7 heteroatoms. The lowest BCUT2D eigenvalue weighted by atomic mass is 9.71. The Hall–Kier alpha value is -1.01. The third-order valence-electron chi connectivity index (χ3n) is 7.87. The van der Waals surface area contributed by atoms with Crippen molar-refractivity contribution in [3.8, 4) is 5.75 Å². The highest BCUT2D eigenvalue weighted by Gasteiger charge is 2.48. The molecule has 4 aliphatic heterocycles. The molecule has 0 radical (unpaired) electrons. The zero-order valence-electron chi connectivity index (χ0n) is 18.5. The van der Waals surface area contributed by atoms with E-state index in [2.05, 4.69) is 33.3 Å². The fourth-order valence-corrected chi connectivity index (χ4v) is 6.53. The summed E-state index contributed by atoms with van der Waals surface area (Å²) in [6.07, 6.45) is 8.45. The van der Waals surface area contributed by atoms with E-state index in [4.69, 9.17) is 4.74 Å². The molecule has 31 heavy (non-hydrogen) atoms. The first-order valence-electron chi connectivity index (χ1n) is 11.6. The lowest BCUT2D eigenvalue weighted by molar-refractivity contribution is -0.142. The molecule has 4 saturated heterocycles. The van der Waals surface area contributed by atoms with Crippen molar-refractivity contribution in [3.05, 3.63) is 29.8 Å². The number of fused-ring (bicyclic) bond motifs is 4. The number of carbonyl (C=O) groups excluding carboxylic acids is 1. The molecule has 4 heterocycles. The third-order valence-corrected chi connectivity index (χ3v) is 7.87. The van der Waals surface area contributed by atoms with Crippen molar-refractivity contribution in [2.24, 2.45) is 11.8 Å². The van der Waals surface area contributed by atoms with E-state index >= 15 is 0 Å². The molecule has 1 aromatic carbocycles. The molecular weight excluding hydrogens is 433 g/mol. The molecule has 0 spiro atoms. The van der Waals surface area contributed by atoms with Crippen molar-refractivity contribution in [1.29, 1.82) is 0 Å². The van der Waals surface area contributed by atoms with Crippen LogP contribution in [0.4, 0.5) is 0 Å². The van der Waals surface area contributed by atoms with Crippen molar-refractivity contribution >= 4 is 30.7 Å². The van der Waals surface area contributed by atoms with Crippen LogP contribution >= 0.6 is 24.8 Å². The highest BCUT2D eigenvalue weighted by Crippen LogP contribution is 2.42. The van der Waals surface area contributed by atoms with Gasteiger partial charge in [0.1, 0.15) is 5.75 Å². The number of hydrogen-bond donors (Lipinski definition) is 1. The van der Waals surface area contributed by atoms with Crippen LogP contribution in [-0.4, -0.2) is 67.1 Å². The summed E-state index contributed by atoms with van der Waals surface area (Å²) in [5, 5.41) is 3.42. The summed E-state index contributed by atoms with van der Waals surface area (Å²) in [6, 6.07) is 9.82. The van der Waals surface area contributed by atoms with Crippen molar-refractivity contribution in [3.63, 3.8) is 0 Å². The van der Waals surface area contributed by atoms with E-state index in [1.54, 1.807) is 7.11 Å². The van der Waals surface area contributed by atoms with Gasteiger partial charge in [0.15, 0.2) is 0 Å². The molecule has 0 aromatic heterocycles. The quantitative estimate of drug-likeness (QED) is 0.732. The molecule has 4 fully saturated rings. The largest absolute Gasteiger partial charge is 0.497 e. The summed E-state index contributed by atoms with van der Waals surface area (Å²) in [6.45, 7) is 4.13. The Kier molecular flexibility index (Phi) is 8.53. The van der Waals surface area contributed by atoms with E-state index in [0.717, 1.165) is 44.6 Å². The van der Waals surface area contributed by atoms with Crippen LogP contribution in [0.5, 0.6) is 5.75 Å². The second-order valence-electron chi connectivity index (χ2n) is 9.57. The van der Waals surface area contributed by atoms with Crippen LogP contribution < -0.4 is 10.1 Å². The van der Waals surface area contributed by atoms with E-state index in [9.17, 15) is 4.79 Å². The first-order chi connectivity index (χ1) is 14.2. The van der Waals surface area contributed by atoms with E-state index in [0.29, 0.717) is 29.8 Å². The van der Waals surface area contributed by atoms with Crippen LogP contribution in [0.15, 0.2) is 24.3 Å². The number of hydrogen-bond acceptors (Lipinski definition) is 4. The van der Waals surface area contributed by atoms with Gasteiger partial charge in [0.2, 0.25) is 5.91 Å². The Morgan fingerprint density at radius 3 is 2.74 bits per heavy atom. The number of rotatable bonds is 4. The maximum absolute atomic E-state index is 13.2. The van der Waals surface area contributed by atoms with Gasteiger partial charge in [0.25, 0.3) is 0 Å². The normalized spacial score (nSPS) is 32.4. The molecule has 174 valence electrons. The molecule has 5 rings (SSSR count). The van der Waals surface area contributed by atoms with Crippen LogP contribution in [0.25, 0.3) is 0 Å². The predicted molar refractivity (Wildman–Crippen MR) is 129 cm³/mol. The second-order valence-corrected chi connectivity index (χ2v) is 9.57. The summed E-state index contributed by atoms with van der Waals surface area (Å²) >= 11 is 0. The van der Waals surface area contributed by atoms with Crippen LogP contribution in [-0.2, 0) is 11.2 Å². The topological polar surface area (TPSA) is 44.8 Å². The zero-order valence-corrected chi connectivity index (χ0v) is 20.1. The van der Waals surface area contributed by atoms with Crippen molar-refractivity contribution in [2.75, 3.05) is 33.3 Å². The van der Waals surface area contributed by atoms with Crippen molar-refractivity contribution < 1.29 is 9.53 Å². The average molecular weight is 470 g/mol. The number of likely N-dealkylation sites (tertiary alicyclic amines) is 1. The van der Waals surface area contributed by atoms with Gasteiger partial charge in [-0.1, -0.05) is 18.6 Å². The van der Waals surface area contributed by atoms with Crippen LogP contribution in [0.3, 0.4) is 0 Å². The van der Waals surface area contributed by atoms with Crippen LogP contribution in [0.2, 0.25) is 0 Å². The van der Waals surface area contributed by atoms with E-state index < -0.39 is 0 Å². The molecule has 5 atom stereocenters. The fraction of sp³-hybridized carbons (Fsp3) is 0.708. The van der Waals surface area contributed by atoms with E-state index in [-0.39, 0.29) is 30.9 Å². The number of benzene rings is 1. The van der Waals surface area contributed by atoms with Gasteiger partial charge < -0.3 is 15.0 Å². The molecule has 4 aliphatic rings. The summed E-state index contributed by atoms with van der Waals surface area (Å²) in [5.41, 5.74) is 1.36. The Morgan fingerprint density at radius 1 is 1.13 bits per heavy atom. The number of nitrogens with zero attached hydrogens (tertiary/aromatic N) is 2. The number of methoxy groups -OCH3 is 1. The molecule has 0 unspecified atom stereocenters. The SMILES string of the molecule is COc1cccc(C[C@H]2[C@H]3C[C@H](CN(C(=O)[C@H]4CCCN4)C3)[C@@H]3CCCCN32)c1.Cl.Cl. The highest BCUT2D eigenvalue weighted by molar-refractivity contribution is 5.85. The summed E-state index contributed by atoms with van der Waals surface area (Å²) in [5.74, 6) is 2.54. The molecule has 1 aromatic rings. The molecule has 0 aliphatic carbocycles. The standard InChI is InChI=1S/C24H35N3O2.2ClH/c1-29-20-7-4-6-17(12-20)13-23-19-14-18(22-9-2-3-11-27(22)23)15-26(16-19)24(28)21-8-5-10-25-21;;/h4,6-7,12,18-19,21-23,25H,2-3,5,8-11,13-16H2,1H3;2*1H/t18-,19+,21-,22+,23+;;/m1../s1. The summed E-state index contributed by atoms with van der Waals surface area (Å²) in [7, 11) is 1.74. The Labute approximate surface area is 199 Å². The maximum Gasteiger partial charge on any atom is 0.239 e. The lowest BCUT2D eigenvalue weighted by Gasteiger charge is -2.57. The number of ether oxygens (including phenoxy) is 1. The molecule has 0 saturated carbocycles. The van der Waals surface area contributed by atoms with Gasteiger partial charge in [-0.15, -0.1) is 24.8 Å². The number of halogens is 2. The van der Waals surface area contributed by atoms with Gasteiger partial charge >= 0.3 is 0 Å². The monoisotopic (exact) mass is 469 g/mol. The number of nitrogens with one attached hydrogen (secondary N) is 1. The van der Waals surface area contributed by atoms with Crippen molar-refractivity contribution in [2.45, 2.75) is 63.1 Å². The number of amides is 1. The highest BCUT2D eigenvalue weighted by atomic mass is 35.5. The smallest absolute Gasteiger partial charge is 0.239 e. The summed E-state index contributed by atoms with van der Waals surface area (Å²) < 4.78 is 5.46. The van der Waals surface area contributed by atoms with Gasteiger partial charge in [-0.2, -0.15) is 0 Å². The maximum atomic E-state index is 13.2. The Bertz CT molecular complexity index is 743. The molecule has 1 amide bonds. The Morgan fingerprint density at radius 2 is 1.97 bits per heavy atom. The minimum atomic E-state index is 0. The predicted octanol–water partition coefficient (Wildman–Crippen LogP) is 3.53. The molecule has 1 N–H and O–H groups in total. The second kappa shape index (κ2) is 10.7. The molecular formula is C24H37Cl2N3O2. The van der Waals surface area contributed by atoms with Gasteiger partial charge in [-0.25, -0.2) is 0 Å². The molecule has 2 bridgehead atoms. The Balaban J connectivity index is 0.00000136. The van der Waals surface area contributed by atoms with Gasteiger partial charge in [0, 0.05) is 25.2 Å². The molecule has 5 nitrogen and oxygen atoms in total. The number of carbonyl (C=O) groups is 1. The van der Waals surface area contributed by atoms with Gasteiger partial charge in [0.05, 0.1) is 13.2 Å². The van der Waals surface area contributed by atoms with Crippen LogP contribution in [0, 0.1) is 11.8 Å². The summed E-state index contributed by atoms with van der Waals surface area (Å²) in [4.78, 5) is 18.2. The van der Waals surface area contributed by atoms with E-state index in [1.807, 2.05) is 6.07 Å². The fourth-order valence-electron chi connectivity index (χ4n) is 6.53. The number of piperidine rings is 3.